The Bertz CT molecular complexity index is 175. The maximum absolute atomic E-state index is 11.3. The van der Waals surface area contributed by atoms with Crippen LogP contribution in [0.4, 0.5) is 0 Å². The van der Waals surface area contributed by atoms with Gasteiger partial charge in [0.25, 0.3) is 0 Å². The van der Waals surface area contributed by atoms with Gasteiger partial charge in [0.15, 0.2) is 0 Å². The van der Waals surface area contributed by atoms with Crippen molar-refractivity contribution in [3.8, 4) is 0 Å². The molecule has 0 saturated carbocycles. The smallest absolute Gasteiger partial charge is 0.223 e. The van der Waals surface area contributed by atoms with E-state index in [1.54, 1.807) is 6.08 Å². The van der Waals surface area contributed by atoms with Crippen molar-refractivity contribution in [3.05, 3.63) is 12.7 Å². The summed E-state index contributed by atoms with van der Waals surface area (Å²) in [6.07, 6.45) is 1.70. The molecule has 0 spiro atoms. The van der Waals surface area contributed by atoms with Gasteiger partial charge < -0.3 is 10.6 Å². The van der Waals surface area contributed by atoms with Crippen molar-refractivity contribution in [1.29, 1.82) is 0 Å². The van der Waals surface area contributed by atoms with Crippen LogP contribution in [0.3, 0.4) is 0 Å². The molecule has 2 N–H and O–H groups in total. The largest absolute Gasteiger partial charge is 0.352 e. The molecule has 0 aromatic carbocycles. The molecular weight excluding hydrogens is 152 g/mol. The van der Waals surface area contributed by atoms with Crippen LogP contribution in [0, 0.1) is 11.8 Å². The minimum absolute atomic E-state index is 0.131. The third kappa shape index (κ3) is 2.08. The predicted molar refractivity (Wildman–Crippen MR) is 48.7 cm³/mol. The first-order chi connectivity index (χ1) is 5.75. The molecule has 3 heteroatoms. The quantitative estimate of drug-likeness (QED) is 0.586. The number of hydrogen-bond acceptors (Lipinski definition) is 2. The van der Waals surface area contributed by atoms with Crippen molar-refractivity contribution >= 4 is 5.91 Å². The van der Waals surface area contributed by atoms with E-state index < -0.39 is 0 Å². The van der Waals surface area contributed by atoms with Crippen molar-refractivity contribution < 1.29 is 4.79 Å². The van der Waals surface area contributed by atoms with Gasteiger partial charge in [0.05, 0.1) is 0 Å². The number of nitrogens with one attached hydrogen (secondary N) is 2. The van der Waals surface area contributed by atoms with Crippen molar-refractivity contribution in [2.45, 2.75) is 6.92 Å². The van der Waals surface area contributed by atoms with Crippen LogP contribution in [0.15, 0.2) is 12.7 Å². The minimum atomic E-state index is 0.131. The van der Waals surface area contributed by atoms with Gasteiger partial charge >= 0.3 is 0 Å². The van der Waals surface area contributed by atoms with Gasteiger partial charge in [-0.2, -0.15) is 0 Å². The molecule has 1 fully saturated rings. The Hall–Kier alpha value is -0.830. The zero-order chi connectivity index (χ0) is 8.97. The Morgan fingerprint density at radius 3 is 2.92 bits per heavy atom. The normalized spacial score (nSPS) is 19.4. The SMILES string of the molecule is C=CCNC(=O)C(C)C1CNC1. The van der Waals surface area contributed by atoms with Crippen LogP contribution < -0.4 is 10.6 Å². The van der Waals surface area contributed by atoms with Crippen molar-refractivity contribution in [3.63, 3.8) is 0 Å². The average molecular weight is 168 g/mol. The molecule has 0 radical (unpaired) electrons. The maximum atomic E-state index is 11.3. The number of carbonyl (C=O) groups is 1. The van der Waals surface area contributed by atoms with Gasteiger partial charge in [0.2, 0.25) is 5.91 Å². The fraction of sp³-hybridized carbons (Fsp3) is 0.667. The molecule has 1 aliphatic heterocycles. The van der Waals surface area contributed by atoms with E-state index in [0.717, 1.165) is 13.1 Å². The number of amides is 1. The summed E-state index contributed by atoms with van der Waals surface area (Å²) in [5.41, 5.74) is 0. The summed E-state index contributed by atoms with van der Waals surface area (Å²) in [5.74, 6) is 0.794. The zero-order valence-corrected chi connectivity index (χ0v) is 7.47. The van der Waals surface area contributed by atoms with Gasteiger partial charge in [0, 0.05) is 12.5 Å². The topological polar surface area (TPSA) is 41.1 Å². The summed E-state index contributed by atoms with van der Waals surface area (Å²) >= 11 is 0. The highest BCUT2D eigenvalue weighted by Gasteiger charge is 2.27. The monoisotopic (exact) mass is 168 g/mol. The fourth-order valence-electron chi connectivity index (χ4n) is 1.21. The second-order valence-electron chi connectivity index (χ2n) is 3.24. The standard InChI is InChI=1S/C9H16N2O/c1-3-4-11-9(12)7(2)8-5-10-6-8/h3,7-8,10H,1,4-6H2,2H3,(H,11,12). The van der Waals surface area contributed by atoms with Gasteiger partial charge in [0.1, 0.15) is 0 Å². The Labute approximate surface area is 73.2 Å². The van der Waals surface area contributed by atoms with E-state index in [4.69, 9.17) is 0 Å². The second-order valence-corrected chi connectivity index (χ2v) is 3.24. The van der Waals surface area contributed by atoms with Crippen LogP contribution in [0.2, 0.25) is 0 Å². The van der Waals surface area contributed by atoms with E-state index >= 15 is 0 Å². The summed E-state index contributed by atoms with van der Waals surface area (Å²) in [6, 6.07) is 0. The van der Waals surface area contributed by atoms with E-state index in [-0.39, 0.29) is 11.8 Å². The Morgan fingerprint density at radius 2 is 2.50 bits per heavy atom. The van der Waals surface area contributed by atoms with E-state index in [1.807, 2.05) is 6.92 Å². The Morgan fingerprint density at radius 1 is 1.83 bits per heavy atom. The van der Waals surface area contributed by atoms with E-state index in [2.05, 4.69) is 17.2 Å². The van der Waals surface area contributed by atoms with Crippen LogP contribution >= 0.6 is 0 Å². The summed E-state index contributed by atoms with van der Waals surface area (Å²) in [5, 5.41) is 5.95. The third-order valence-electron chi connectivity index (χ3n) is 2.35. The lowest BCUT2D eigenvalue weighted by Crippen LogP contribution is -2.49. The lowest BCUT2D eigenvalue weighted by molar-refractivity contribution is -0.126. The van der Waals surface area contributed by atoms with Gasteiger partial charge in [-0.15, -0.1) is 6.58 Å². The molecule has 0 aromatic rings. The molecule has 1 unspecified atom stereocenters. The molecule has 1 aliphatic rings. The lowest BCUT2D eigenvalue weighted by Gasteiger charge is -2.31. The fourth-order valence-corrected chi connectivity index (χ4v) is 1.21. The molecule has 0 aliphatic carbocycles. The Kier molecular flexibility index (Phi) is 3.29. The van der Waals surface area contributed by atoms with E-state index in [9.17, 15) is 4.79 Å². The van der Waals surface area contributed by atoms with Gasteiger partial charge in [-0.1, -0.05) is 13.0 Å². The average Bonchev–Trinajstić information content (AvgIpc) is 1.96. The predicted octanol–water partition coefficient (Wildman–Crippen LogP) is 0.144. The summed E-state index contributed by atoms with van der Waals surface area (Å²) < 4.78 is 0. The van der Waals surface area contributed by atoms with Crippen molar-refractivity contribution in [2.24, 2.45) is 11.8 Å². The summed E-state index contributed by atoms with van der Waals surface area (Å²) in [4.78, 5) is 11.3. The third-order valence-corrected chi connectivity index (χ3v) is 2.35. The number of hydrogen-bond donors (Lipinski definition) is 2. The van der Waals surface area contributed by atoms with Crippen LogP contribution in [0.1, 0.15) is 6.92 Å². The molecule has 0 bridgehead atoms. The first kappa shape index (κ1) is 9.26. The molecule has 68 valence electrons. The molecule has 1 atom stereocenters. The highest BCUT2D eigenvalue weighted by Crippen LogP contribution is 2.15. The molecule has 1 heterocycles. The number of rotatable bonds is 4. The molecule has 1 saturated heterocycles. The molecule has 1 rings (SSSR count). The highest BCUT2D eigenvalue weighted by molar-refractivity contribution is 5.78. The molecular formula is C9H16N2O. The minimum Gasteiger partial charge on any atom is -0.352 e. The first-order valence-electron chi connectivity index (χ1n) is 4.35. The maximum Gasteiger partial charge on any atom is 0.223 e. The lowest BCUT2D eigenvalue weighted by atomic mass is 9.88. The highest BCUT2D eigenvalue weighted by atomic mass is 16.1. The van der Waals surface area contributed by atoms with Crippen LogP contribution in [-0.4, -0.2) is 25.5 Å². The van der Waals surface area contributed by atoms with Crippen LogP contribution in [0.5, 0.6) is 0 Å². The summed E-state index contributed by atoms with van der Waals surface area (Å²) in [6.45, 7) is 8.04. The number of carbonyl (C=O) groups excluding carboxylic acids is 1. The first-order valence-corrected chi connectivity index (χ1v) is 4.35. The van der Waals surface area contributed by atoms with Crippen molar-refractivity contribution in [1.82, 2.24) is 10.6 Å². The van der Waals surface area contributed by atoms with Gasteiger partial charge in [-0.25, -0.2) is 0 Å². The Balaban J connectivity index is 2.24. The zero-order valence-electron chi connectivity index (χ0n) is 7.47. The molecule has 12 heavy (non-hydrogen) atoms. The summed E-state index contributed by atoms with van der Waals surface area (Å²) in [7, 11) is 0. The van der Waals surface area contributed by atoms with Crippen LogP contribution in [-0.2, 0) is 4.79 Å². The van der Waals surface area contributed by atoms with Gasteiger partial charge in [-0.05, 0) is 19.0 Å². The van der Waals surface area contributed by atoms with Crippen LogP contribution in [0.25, 0.3) is 0 Å². The molecule has 3 nitrogen and oxygen atoms in total. The second kappa shape index (κ2) is 4.26. The van der Waals surface area contributed by atoms with E-state index in [0.29, 0.717) is 12.5 Å². The van der Waals surface area contributed by atoms with Gasteiger partial charge in [-0.3, -0.25) is 4.79 Å². The van der Waals surface area contributed by atoms with Crippen molar-refractivity contribution in [2.75, 3.05) is 19.6 Å². The van der Waals surface area contributed by atoms with E-state index in [1.165, 1.54) is 0 Å². The molecule has 1 amide bonds. The molecule has 0 aromatic heterocycles.